The Bertz CT molecular complexity index is 662. The van der Waals surface area contributed by atoms with Gasteiger partial charge in [0.1, 0.15) is 23.4 Å². The molecule has 1 N–H and O–H groups in total. The Morgan fingerprint density at radius 2 is 2.05 bits per heavy atom. The molecule has 0 aliphatic carbocycles. The molecule has 2 aromatic carbocycles. The third-order valence-corrected chi connectivity index (χ3v) is 2.92. The third-order valence-electron chi connectivity index (χ3n) is 2.92. The highest BCUT2D eigenvalue weighted by Gasteiger charge is 2.07. The van der Waals surface area contributed by atoms with Crippen LogP contribution in [0.1, 0.15) is 16.7 Å². The Hall–Kier alpha value is -2.38. The van der Waals surface area contributed by atoms with E-state index in [1.807, 2.05) is 13.1 Å². The third kappa shape index (κ3) is 3.14. The first-order chi connectivity index (χ1) is 9.63. The minimum Gasteiger partial charge on any atom is -0.456 e. The first-order valence-corrected chi connectivity index (χ1v) is 6.25. The Balaban J connectivity index is 2.28. The van der Waals surface area contributed by atoms with E-state index in [2.05, 4.69) is 11.4 Å². The SMILES string of the molecule is CNCc1ccc(Oc2ccc(C)c(F)c2)c(C#N)c1. The molecular formula is C16H15FN2O. The van der Waals surface area contributed by atoms with Gasteiger partial charge in [-0.1, -0.05) is 12.1 Å². The van der Waals surface area contributed by atoms with Crippen molar-refractivity contribution in [1.29, 1.82) is 5.26 Å². The lowest BCUT2D eigenvalue weighted by Gasteiger charge is -2.09. The van der Waals surface area contributed by atoms with Crippen LogP contribution in [0.3, 0.4) is 0 Å². The number of nitrogens with one attached hydrogen (secondary N) is 1. The van der Waals surface area contributed by atoms with Gasteiger partial charge in [0.25, 0.3) is 0 Å². The van der Waals surface area contributed by atoms with E-state index in [0.29, 0.717) is 29.2 Å². The number of nitriles is 1. The molecule has 0 aromatic heterocycles. The standard InChI is InChI=1S/C16H15FN2O/c1-11-3-5-14(8-15(11)17)20-16-6-4-12(10-19-2)7-13(16)9-18/h3-8,19H,10H2,1-2H3. The van der Waals surface area contributed by atoms with Crippen LogP contribution in [-0.2, 0) is 6.54 Å². The largest absolute Gasteiger partial charge is 0.456 e. The topological polar surface area (TPSA) is 45.0 Å². The summed E-state index contributed by atoms with van der Waals surface area (Å²) in [6.07, 6.45) is 0. The summed E-state index contributed by atoms with van der Waals surface area (Å²) >= 11 is 0. The van der Waals surface area contributed by atoms with Crippen molar-refractivity contribution in [2.45, 2.75) is 13.5 Å². The number of nitrogens with zero attached hydrogens (tertiary/aromatic N) is 1. The highest BCUT2D eigenvalue weighted by molar-refractivity contribution is 5.47. The average molecular weight is 270 g/mol. The summed E-state index contributed by atoms with van der Waals surface area (Å²) in [4.78, 5) is 0. The lowest BCUT2D eigenvalue weighted by molar-refractivity contribution is 0.474. The second-order valence-corrected chi connectivity index (χ2v) is 4.49. The molecule has 0 heterocycles. The van der Waals surface area contributed by atoms with Gasteiger partial charge in [-0.05, 0) is 43.3 Å². The van der Waals surface area contributed by atoms with Crippen molar-refractivity contribution in [3.63, 3.8) is 0 Å². The number of rotatable bonds is 4. The Morgan fingerprint density at radius 1 is 1.25 bits per heavy atom. The average Bonchev–Trinajstić information content (AvgIpc) is 2.45. The fraction of sp³-hybridized carbons (Fsp3) is 0.188. The number of hydrogen-bond acceptors (Lipinski definition) is 3. The van der Waals surface area contributed by atoms with Crippen LogP contribution in [0, 0.1) is 24.1 Å². The van der Waals surface area contributed by atoms with Crippen LogP contribution in [-0.4, -0.2) is 7.05 Å². The number of ether oxygens (including phenoxy) is 1. The van der Waals surface area contributed by atoms with Crippen molar-refractivity contribution in [3.05, 3.63) is 58.9 Å². The molecule has 2 rings (SSSR count). The zero-order chi connectivity index (χ0) is 14.5. The fourth-order valence-corrected chi connectivity index (χ4v) is 1.83. The van der Waals surface area contributed by atoms with Gasteiger partial charge in [0.2, 0.25) is 0 Å². The number of hydrogen-bond donors (Lipinski definition) is 1. The quantitative estimate of drug-likeness (QED) is 0.924. The maximum absolute atomic E-state index is 13.5. The van der Waals surface area contributed by atoms with Gasteiger partial charge in [0.05, 0.1) is 5.56 Å². The van der Waals surface area contributed by atoms with Crippen molar-refractivity contribution in [3.8, 4) is 17.6 Å². The van der Waals surface area contributed by atoms with E-state index in [9.17, 15) is 4.39 Å². The maximum atomic E-state index is 13.5. The Labute approximate surface area is 117 Å². The van der Waals surface area contributed by atoms with Crippen LogP contribution in [0.25, 0.3) is 0 Å². The number of benzene rings is 2. The lowest BCUT2D eigenvalue weighted by Crippen LogP contribution is -2.05. The summed E-state index contributed by atoms with van der Waals surface area (Å²) in [6, 6.07) is 12.1. The van der Waals surface area contributed by atoms with E-state index in [4.69, 9.17) is 10.00 Å². The second kappa shape index (κ2) is 6.18. The van der Waals surface area contributed by atoms with E-state index in [1.54, 1.807) is 31.2 Å². The van der Waals surface area contributed by atoms with E-state index in [0.717, 1.165) is 5.56 Å². The van der Waals surface area contributed by atoms with Crippen LogP contribution in [0.4, 0.5) is 4.39 Å². The van der Waals surface area contributed by atoms with Gasteiger partial charge in [0, 0.05) is 12.6 Å². The van der Waals surface area contributed by atoms with E-state index < -0.39 is 0 Å². The molecule has 0 atom stereocenters. The molecule has 4 heteroatoms. The summed E-state index contributed by atoms with van der Waals surface area (Å²) in [5, 5.41) is 12.2. The predicted octanol–water partition coefficient (Wildman–Crippen LogP) is 3.52. The molecule has 0 unspecified atom stereocenters. The van der Waals surface area contributed by atoms with Gasteiger partial charge in [-0.25, -0.2) is 4.39 Å². The summed E-state index contributed by atoms with van der Waals surface area (Å²) in [5.74, 6) is 0.481. The molecule has 0 fully saturated rings. The van der Waals surface area contributed by atoms with Crippen molar-refractivity contribution < 1.29 is 9.13 Å². The van der Waals surface area contributed by atoms with Crippen molar-refractivity contribution in [1.82, 2.24) is 5.32 Å². The smallest absolute Gasteiger partial charge is 0.145 e. The molecule has 102 valence electrons. The molecule has 2 aromatic rings. The molecular weight excluding hydrogens is 255 g/mol. The normalized spacial score (nSPS) is 10.1. The van der Waals surface area contributed by atoms with Crippen LogP contribution in [0.2, 0.25) is 0 Å². The van der Waals surface area contributed by atoms with Gasteiger partial charge in [0.15, 0.2) is 0 Å². The Morgan fingerprint density at radius 3 is 2.70 bits per heavy atom. The van der Waals surface area contributed by atoms with Gasteiger partial charge in [-0.2, -0.15) is 5.26 Å². The minimum absolute atomic E-state index is 0.326. The molecule has 0 saturated heterocycles. The predicted molar refractivity (Wildman–Crippen MR) is 75.1 cm³/mol. The van der Waals surface area contributed by atoms with Gasteiger partial charge >= 0.3 is 0 Å². The summed E-state index contributed by atoms with van der Waals surface area (Å²) < 4.78 is 19.1. The molecule has 0 saturated carbocycles. The molecule has 20 heavy (non-hydrogen) atoms. The van der Waals surface area contributed by atoms with Gasteiger partial charge in [-0.3, -0.25) is 0 Å². The monoisotopic (exact) mass is 270 g/mol. The highest BCUT2D eigenvalue weighted by atomic mass is 19.1. The van der Waals surface area contributed by atoms with Crippen LogP contribution in [0.15, 0.2) is 36.4 Å². The molecule has 3 nitrogen and oxygen atoms in total. The van der Waals surface area contributed by atoms with Crippen LogP contribution < -0.4 is 10.1 Å². The molecule has 0 aliphatic heterocycles. The number of aryl methyl sites for hydroxylation is 1. The summed E-state index contributed by atoms with van der Waals surface area (Å²) in [5.41, 5.74) is 1.98. The van der Waals surface area contributed by atoms with E-state index >= 15 is 0 Å². The first kappa shape index (κ1) is 14.0. The molecule has 0 radical (unpaired) electrons. The molecule has 0 bridgehead atoms. The fourth-order valence-electron chi connectivity index (χ4n) is 1.83. The van der Waals surface area contributed by atoms with Gasteiger partial charge in [-0.15, -0.1) is 0 Å². The van der Waals surface area contributed by atoms with E-state index in [-0.39, 0.29) is 5.82 Å². The van der Waals surface area contributed by atoms with Crippen molar-refractivity contribution in [2.24, 2.45) is 0 Å². The first-order valence-electron chi connectivity index (χ1n) is 6.25. The van der Waals surface area contributed by atoms with Crippen LogP contribution in [0.5, 0.6) is 11.5 Å². The summed E-state index contributed by atoms with van der Waals surface area (Å²) in [7, 11) is 1.84. The Kier molecular flexibility index (Phi) is 4.34. The minimum atomic E-state index is -0.326. The zero-order valence-electron chi connectivity index (χ0n) is 11.4. The van der Waals surface area contributed by atoms with Gasteiger partial charge < -0.3 is 10.1 Å². The molecule has 0 amide bonds. The zero-order valence-corrected chi connectivity index (χ0v) is 11.4. The number of halogens is 1. The highest BCUT2D eigenvalue weighted by Crippen LogP contribution is 2.27. The second-order valence-electron chi connectivity index (χ2n) is 4.49. The summed E-state index contributed by atoms with van der Waals surface area (Å²) in [6.45, 7) is 2.36. The maximum Gasteiger partial charge on any atom is 0.145 e. The van der Waals surface area contributed by atoms with Crippen molar-refractivity contribution >= 4 is 0 Å². The van der Waals surface area contributed by atoms with Crippen LogP contribution >= 0.6 is 0 Å². The molecule has 0 spiro atoms. The molecule has 0 aliphatic rings. The van der Waals surface area contributed by atoms with E-state index in [1.165, 1.54) is 6.07 Å². The van der Waals surface area contributed by atoms with Crippen molar-refractivity contribution in [2.75, 3.05) is 7.05 Å². The lowest BCUT2D eigenvalue weighted by atomic mass is 10.1.